The Kier molecular flexibility index (Phi) is 14.5. The van der Waals surface area contributed by atoms with Crippen molar-refractivity contribution in [1.82, 2.24) is 15.2 Å². The van der Waals surface area contributed by atoms with Crippen molar-refractivity contribution in [3.63, 3.8) is 0 Å². The molecule has 0 spiro atoms. The number of amides is 3. The Morgan fingerprint density at radius 2 is 1.33 bits per heavy atom. The fourth-order valence-electron chi connectivity index (χ4n) is 5.12. The van der Waals surface area contributed by atoms with E-state index in [4.69, 9.17) is 14.2 Å². The first-order valence-electron chi connectivity index (χ1n) is 17.1. The summed E-state index contributed by atoms with van der Waals surface area (Å²) in [5, 5.41) is 4.54. The summed E-state index contributed by atoms with van der Waals surface area (Å²) < 4.78 is 16.6. The third-order valence-electron chi connectivity index (χ3n) is 7.58. The molecule has 0 fully saturated rings. The zero-order chi connectivity index (χ0) is 37.9. The predicted molar refractivity (Wildman–Crippen MR) is 195 cm³/mol. The quantitative estimate of drug-likeness (QED) is 0.0995. The molecule has 0 aliphatic heterocycles. The number of carbonyl (C=O) groups is 5. The van der Waals surface area contributed by atoms with Crippen LogP contribution in [0, 0.1) is 11.8 Å². The Bertz CT molecular complexity index is 1600. The predicted octanol–water partition coefficient (Wildman–Crippen LogP) is 8.02. The van der Waals surface area contributed by atoms with Gasteiger partial charge >= 0.3 is 18.2 Å². The molecule has 0 unspecified atom stereocenters. The average Bonchev–Trinajstić information content (AvgIpc) is 3.53. The van der Waals surface area contributed by atoms with Crippen molar-refractivity contribution < 1.29 is 38.2 Å². The van der Waals surface area contributed by atoms with Gasteiger partial charge in [-0.2, -0.15) is 0 Å². The maximum Gasteiger partial charge on any atom is 0.420 e. The lowest BCUT2D eigenvalue weighted by molar-refractivity contribution is -0.149. The number of imide groups is 1. The number of aromatic nitrogens is 1. The van der Waals surface area contributed by atoms with Gasteiger partial charge in [-0.3, -0.25) is 14.4 Å². The van der Waals surface area contributed by atoms with Crippen LogP contribution in [0.25, 0.3) is 0 Å². The Labute approximate surface area is 305 Å². The van der Waals surface area contributed by atoms with Crippen LogP contribution in [-0.4, -0.2) is 63.0 Å². The molecule has 0 radical (unpaired) electrons. The molecule has 0 saturated heterocycles. The van der Waals surface area contributed by atoms with E-state index in [2.05, 4.69) is 10.3 Å². The molecule has 1 heterocycles. The Morgan fingerprint density at radius 1 is 0.804 bits per heavy atom. The topological polar surface area (TPSA) is 141 Å². The highest BCUT2D eigenvalue weighted by Gasteiger charge is 2.39. The van der Waals surface area contributed by atoms with Gasteiger partial charge in [0.15, 0.2) is 10.8 Å². The van der Waals surface area contributed by atoms with Crippen LogP contribution in [0.2, 0.25) is 0 Å². The van der Waals surface area contributed by atoms with Crippen molar-refractivity contribution >= 4 is 41.2 Å². The van der Waals surface area contributed by atoms with E-state index >= 15 is 0 Å². The van der Waals surface area contributed by atoms with Crippen molar-refractivity contribution in [2.45, 2.75) is 111 Å². The summed E-state index contributed by atoms with van der Waals surface area (Å²) in [6.45, 7) is 15.6. The Balaban J connectivity index is 1.76. The molecule has 12 heteroatoms. The summed E-state index contributed by atoms with van der Waals surface area (Å²) in [5.41, 5.74) is 0.0836. The molecule has 3 aromatic rings. The maximum absolute atomic E-state index is 13.6. The van der Waals surface area contributed by atoms with Gasteiger partial charge in [-0.1, -0.05) is 81.4 Å². The summed E-state index contributed by atoms with van der Waals surface area (Å²) in [6, 6.07) is 17.6. The second-order valence-corrected chi connectivity index (χ2v) is 15.8. The van der Waals surface area contributed by atoms with E-state index < -0.39 is 53.1 Å². The molecule has 0 bridgehead atoms. The number of ether oxygens (including phenoxy) is 3. The van der Waals surface area contributed by atoms with Crippen molar-refractivity contribution in [1.29, 1.82) is 0 Å². The van der Waals surface area contributed by atoms with Gasteiger partial charge in [0, 0.05) is 17.8 Å². The number of ketones is 1. The second-order valence-electron chi connectivity index (χ2n) is 14.9. The molecule has 0 saturated carbocycles. The molecule has 0 aliphatic rings. The summed E-state index contributed by atoms with van der Waals surface area (Å²) in [5.74, 6) is -2.19. The molecule has 11 nitrogen and oxygen atoms in total. The summed E-state index contributed by atoms with van der Waals surface area (Å²) in [7, 11) is 0. The van der Waals surface area contributed by atoms with Crippen molar-refractivity contribution in [2.24, 2.45) is 11.8 Å². The third kappa shape index (κ3) is 13.6. The third-order valence-corrected chi connectivity index (χ3v) is 8.46. The number of hydrogen-bond acceptors (Lipinski definition) is 10. The summed E-state index contributed by atoms with van der Waals surface area (Å²) in [6.07, 6.45) is -1.34. The van der Waals surface area contributed by atoms with Crippen LogP contribution in [0.5, 0.6) is 0 Å². The smallest absolute Gasteiger partial charge is 0.420 e. The number of benzene rings is 2. The SMILES string of the molecule is CC(C)[C@@H](CC(=O)c1nc(C(=O)N[C@@H](Cc2ccccc2)C[C@H](C)C(=O)OCc2ccccc2)cs1)N(C(=O)OC(C)(C)C)C(=O)OC(C)(C)C. The van der Waals surface area contributed by atoms with E-state index in [0.29, 0.717) is 12.8 Å². The van der Waals surface area contributed by atoms with Gasteiger partial charge in [-0.25, -0.2) is 19.5 Å². The highest BCUT2D eigenvalue weighted by molar-refractivity contribution is 7.12. The zero-order valence-electron chi connectivity index (χ0n) is 31.1. The van der Waals surface area contributed by atoms with Crippen LogP contribution in [0.4, 0.5) is 9.59 Å². The fraction of sp³-hybridized carbons (Fsp3) is 0.487. The first-order valence-corrected chi connectivity index (χ1v) is 18.0. The first kappa shape index (κ1) is 40.8. The molecule has 3 amide bonds. The molecule has 1 aromatic heterocycles. The minimum atomic E-state index is -0.926. The van der Waals surface area contributed by atoms with Gasteiger partial charge in [0.05, 0.1) is 12.0 Å². The summed E-state index contributed by atoms with van der Waals surface area (Å²) in [4.78, 5) is 71.8. The van der Waals surface area contributed by atoms with E-state index in [1.54, 1.807) is 62.3 Å². The van der Waals surface area contributed by atoms with Crippen LogP contribution in [0.1, 0.15) is 107 Å². The molecule has 2 aromatic carbocycles. The largest absolute Gasteiger partial charge is 0.461 e. The standard InChI is InChI=1S/C39H51N3O8S/c1-25(2)31(42(36(46)49-38(4,5)6)37(47)50-39(7,8)9)22-32(43)34-41-30(24-51-34)33(44)40-29(21-27-16-12-10-13-17-27)20-26(3)35(45)48-23-28-18-14-11-15-19-28/h10-19,24-26,29,31H,20-23H2,1-9H3,(H,40,44)/t26-,29+,31+/m0/s1. The molecule has 0 aliphatic carbocycles. The van der Waals surface area contributed by atoms with Gasteiger partial charge in [-0.05, 0) is 71.4 Å². The van der Waals surface area contributed by atoms with Crippen LogP contribution in [0.15, 0.2) is 66.0 Å². The van der Waals surface area contributed by atoms with Crippen molar-refractivity contribution in [2.75, 3.05) is 0 Å². The van der Waals surface area contributed by atoms with Crippen molar-refractivity contribution in [3.8, 4) is 0 Å². The molecule has 1 N–H and O–H groups in total. The lowest BCUT2D eigenvalue weighted by Gasteiger charge is -2.34. The second kappa shape index (κ2) is 18.1. The Morgan fingerprint density at radius 3 is 1.84 bits per heavy atom. The van der Waals surface area contributed by atoms with E-state index in [1.165, 1.54) is 5.38 Å². The minimum Gasteiger partial charge on any atom is -0.461 e. The van der Waals surface area contributed by atoms with Crippen LogP contribution >= 0.6 is 11.3 Å². The average molecular weight is 722 g/mol. The first-order chi connectivity index (χ1) is 23.8. The van der Waals surface area contributed by atoms with Crippen LogP contribution in [0.3, 0.4) is 0 Å². The molecule has 3 atom stereocenters. The lowest BCUT2D eigenvalue weighted by Crippen LogP contribution is -2.51. The molecular formula is C39H51N3O8S. The molecule has 3 rings (SSSR count). The molecular weight excluding hydrogens is 671 g/mol. The van der Waals surface area contributed by atoms with E-state index in [9.17, 15) is 24.0 Å². The number of rotatable bonds is 14. The van der Waals surface area contributed by atoms with Crippen LogP contribution in [-0.2, 0) is 32.0 Å². The number of thiazole rings is 1. The highest BCUT2D eigenvalue weighted by Crippen LogP contribution is 2.25. The van der Waals surface area contributed by atoms with E-state index in [-0.39, 0.29) is 35.6 Å². The van der Waals surface area contributed by atoms with Crippen molar-refractivity contribution in [3.05, 3.63) is 87.9 Å². The minimum absolute atomic E-state index is 0.0398. The Hall–Kier alpha value is -4.58. The van der Waals surface area contributed by atoms with E-state index in [1.807, 2.05) is 60.7 Å². The number of esters is 1. The maximum atomic E-state index is 13.6. The zero-order valence-corrected chi connectivity index (χ0v) is 31.9. The van der Waals surface area contributed by atoms with Gasteiger partial charge in [-0.15, -0.1) is 11.3 Å². The number of hydrogen-bond donors (Lipinski definition) is 1. The lowest BCUT2D eigenvalue weighted by atomic mass is 9.96. The monoisotopic (exact) mass is 721 g/mol. The highest BCUT2D eigenvalue weighted by atomic mass is 32.1. The van der Waals surface area contributed by atoms with E-state index in [0.717, 1.165) is 27.4 Å². The number of nitrogens with zero attached hydrogens (tertiary/aromatic N) is 2. The molecule has 276 valence electrons. The normalized spacial score (nSPS) is 13.5. The van der Waals surface area contributed by atoms with Crippen LogP contribution < -0.4 is 5.32 Å². The fourth-order valence-corrected chi connectivity index (χ4v) is 5.87. The number of nitrogens with one attached hydrogen (secondary N) is 1. The molecule has 51 heavy (non-hydrogen) atoms. The number of Topliss-reactive ketones (excluding diaryl/α,β-unsaturated/α-hetero) is 1. The summed E-state index contributed by atoms with van der Waals surface area (Å²) >= 11 is 0.996. The van der Waals surface area contributed by atoms with Gasteiger partial charge < -0.3 is 19.5 Å². The van der Waals surface area contributed by atoms with Gasteiger partial charge in [0.2, 0.25) is 0 Å². The number of carbonyl (C=O) groups excluding carboxylic acids is 5. The van der Waals surface area contributed by atoms with Gasteiger partial charge in [0.25, 0.3) is 5.91 Å². The van der Waals surface area contributed by atoms with Gasteiger partial charge in [0.1, 0.15) is 23.5 Å².